The Labute approximate surface area is 188 Å². The van der Waals surface area contributed by atoms with E-state index in [1.54, 1.807) is 43.3 Å². The van der Waals surface area contributed by atoms with Crippen LogP contribution in [0.25, 0.3) is 0 Å². The maximum absolute atomic E-state index is 13.6. The molecule has 3 rings (SSSR count). The molecule has 0 aliphatic heterocycles. The summed E-state index contributed by atoms with van der Waals surface area (Å²) in [6.45, 7) is 1.37. The highest BCUT2D eigenvalue weighted by molar-refractivity contribution is 7.12. The van der Waals surface area contributed by atoms with E-state index in [1.807, 2.05) is 0 Å². The van der Waals surface area contributed by atoms with Crippen LogP contribution in [0.15, 0.2) is 36.4 Å². The lowest BCUT2D eigenvalue weighted by Gasteiger charge is -2.33. The third-order valence-corrected chi connectivity index (χ3v) is 6.77. The molecule has 1 N–H and O–H groups in total. The zero-order chi connectivity index (χ0) is 22.6. The molecule has 0 spiro atoms. The number of nitrogens with zero attached hydrogens (tertiary/aromatic N) is 1. The monoisotopic (exact) mass is 472 g/mol. The number of amides is 2. The molecule has 9 heteroatoms. The zero-order valence-electron chi connectivity index (χ0n) is 17.0. The van der Waals surface area contributed by atoms with Crippen molar-refractivity contribution in [1.29, 1.82) is 0 Å². The first kappa shape index (κ1) is 23.6. The van der Waals surface area contributed by atoms with Crippen molar-refractivity contribution in [3.63, 3.8) is 0 Å². The van der Waals surface area contributed by atoms with Gasteiger partial charge < -0.3 is 10.2 Å². The molecule has 1 unspecified atom stereocenters. The summed E-state index contributed by atoms with van der Waals surface area (Å²) in [5.41, 5.74) is 0.338. The van der Waals surface area contributed by atoms with Gasteiger partial charge in [-0.1, -0.05) is 49.1 Å². The van der Waals surface area contributed by atoms with Gasteiger partial charge >= 0.3 is 12.1 Å². The summed E-state index contributed by atoms with van der Waals surface area (Å²) >= 11 is 7.36. The highest BCUT2D eigenvalue weighted by atomic mass is 35.5. The van der Waals surface area contributed by atoms with E-state index in [4.69, 9.17) is 11.6 Å². The minimum atomic E-state index is -5.13. The molecule has 1 aliphatic rings. The van der Waals surface area contributed by atoms with Crippen LogP contribution in [0.1, 0.15) is 53.5 Å². The molecular weight excluding hydrogens is 449 g/mol. The van der Waals surface area contributed by atoms with Crippen LogP contribution in [0, 0.1) is 6.92 Å². The Morgan fingerprint density at radius 3 is 2.42 bits per heavy atom. The molecule has 2 amide bonds. The van der Waals surface area contributed by atoms with Gasteiger partial charge in [-0.25, -0.2) is 0 Å². The van der Waals surface area contributed by atoms with Crippen LogP contribution in [0.5, 0.6) is 0 Å². The lowest BCUT2D eigenvalue weighted by atomic mass is 9.95. The molecule has 0 saturated heterocycles. The van der Waals surface area contributed by atoms with Crippen LogP contribution < -0.4 is 5.32 Å². The van der Waals surface area contributed by atoms with Gasteiger partial charge in [-0.15, -0.1) is 11.3 Å². The molecule has 1 aliphatic carbocycles. The molecule has 0 bridgehead atoms. The number of rotatable bonds is 6. The second-order valence-electron chi connectivity index (χ2n) is 7.72. The van der Waals surface area contributed by atoms with Crippen molar-refractivity contribution >= 4 is 34.8 Å². The SMILES string of the molecule is Cc1ccc(C(C(=O)NC2CCCCC2)N(Cc2ccccc2Cl)C(=O)C(F)(F)F)s1. The van der Waals surface area contributed by atoms with Crippen LogP contribution in [0.3, 0.4) is 0 Å². The van der Waals surface area contributed by atoms with E-state index in [2.05, 4.69) is 5.32 Å². The Hall–Kier alpha value is -2.06. The minimum absolute atomic E-state index is 0.104. The summed E-state index contributed by atoms with van der Waals surface area (Å²) in [7, 11) is 0. The van der Waals surface area contributed by atoms with Crippen molar-refractivity contribution in [1.82, 2.24) is 10.2 Å². The number of aryl methyl sites for hydroxylation is 1. The number of hydrogen-bond acceptors (Lipinski definition) is 3. The molecule has 1 fully saturated rings. The average Bonchev–Trinajstić information content (AvgIpc) is 3.14. The number of hydrogen-bond donors (Lipinski definition) is 1. The highest BCUT2D eigenvalue weighted by Gasteiger charge is 2.47. The summed E-state index contributed by atoms with van der Waals surface area (Å²) < 4.78 is 40.7. The van der Waals surface area contributed by atoms with E-state index < -0.39 is 30.6 Å². The molecule has 31 heavy (non-hydrogen) atoms. The predicted octanol–water partition coefficient (Wildman–Crippen LogP) is 5.79. The Kier molecular flexibility index (Phi) is 7.64. The van der Waals surface area contributed by atoms with Gasteiger partial charge in [-0.2, -0.15) is 13.2 Å². The van der Waals surface area contributed by atoms with Crippen LogP contribution in [0.4, 0.5) is 13.2 Å². The van der Waals surface area contributed by atoms with Gasteiger partial charge in [0.15, 0.2) is 0 Å². The Balaban J connectivity index is 2.00. The van der Waals surface area contributed by atoms with Crippen molar-refractivity contribution in [2.45, 2.75) is 63.8 Å². The second kappa shape index (κ2) is 10.0. The number of nitrogens with one attached hydrogen (secondary N) is 1. The number of carbonyl (C=O) groups is 2. The molecule has 1 heterocycles. The van der Waals surface area contributed by atoms with Crippen molar-refractivity contribution in [2.75, 3.05) is 0 Å². The highest BCUT2D eigenvalue weighted by Crippen LogP contribution is 2.34. The smallest absolute Gasteiger partial charge is 0.351 e. The van der Waals surface area contributed by atoms with E-state index in [9.17, 15) is 22.8 Å². The number of alkyl halides is 3. The standard InChI is InChI=1S/C22H24ClF3N2O2S/c1-14-11-12-18(31-14)19(20(29)27-16-8-3-2-4-9-16)28(21(30)22(24,25)26)13-15-7-5-6-10-17(15)23/h5-7,10-12,16,19H,2-4,8-9,13H2,1H3,(H,27,29). The van der Waals surface area contributed by atoms with Crippen LogP contribution in [-0.4, -0.2) is 28.9 Å². The number of thiophene rings is 1. The fourth-order valence-electron chi connectivity index (χ4n) is 3.81. The average molecular weight is 473 g/mol. The maximum Gasteiger partial charge on any atom is 0.471 e. The van der Waals surface area contributed by atoms with Gasteiger partial charge in [-0.05, 0) is 43.5 Å². The van der Waals surface area contributed by atoms with Crippen molar-refractivity contribution in [3.8, 4) is 0 Å². The largest absolute Gasteiger partial charge is 0.471 e. The second-order valence-corrected chi connectivity index (χ2v) is 9.44. The first-order chi connectivity index (χ1) is 14.7. The number of benzene rings is 1. The van der Waals surface area contributed by atoms with Gasteiger partial charge in [0, 0.05) is 27.4 Å². The van der Waals surface area contributed by atoms with Gasteiger partial charge in [0.1, 0.15) is 6.04 Å². The molecule has 168 valence electrons. The zero-order valence-corrected chi connectivity index (χ0v) is 18.6. The van der Waals surface area contributed by atoms with Crippen molar-refractivity contribution in [3.05, 3.63) is 56.7 Å². The van der Waals surface area contributed by atoms with Gasteiger partial charge in [0.25, 0.3) is 0 Å². The Morgan fingerprint density at radius 2 is 1.84 bits per heavy atom. The molecule has 2 aromatic rings. The van der Waals surface area contributed by atoms with E-state index >= 15 is 0 Å². The lowest BCUT2D eigenvalue weighted by Crippen LogP contribution is -2.49. The topological polar surface area (TPSA) is 49.4 Å². The van der Waals surface area contributed by atoms with Gasteiger partial charge in [-0.3, -0.25) is 9.59 Å². The summed E-state index contributed by atoms with van der Waals surface area (Å²) in [4.78, 5) is 27.6. The summed E-state index contributed by atoms with van der Waals surface area (Å²) in [6.07, 6.45) is -0.585. The molecule has 1 atom stereocenters. The fourth-order valence-corrected chi connectivity index (χ4v) is 4.99. The van der Waals surface area contributed by atoms with Crippen LogP contribution >= 0.6 is 22.9 Å². The Morgan fingerprint density at radius 1 is 1.16 bits per heavy atom. The van der Waals surface area contributed by atoms with E-state index in [-0.39, 0.29) is 11.1 Å². The van der Waals surface area contributed by atoms with Crippen LogP contribution in [-0.2, 0) is 16.1 Å². The molecule has 1 aromatic carbocycles. The van der Waals surface area contributed by atoms with Gasteiger partial charge in [0.2, 0.25) is 5.91 Å². The third kappa shape index (κ3) is 6.01. The Bertz CT molecular complexity index is 925. The predicted molar refractivity (Wildman–Crippen MR) is 115 cm³/mol. The molecular formula is C22H24ClF3N2O2S. The molecule has 1 saturated carbocycles. The molecule has 4 nitrogen and oxygen atoms in total. The third-order valence-electron chi connectivity index (χ3n) is 5.34. The lowest BCUT2D eigenvalue weighted by molar-refractivity contribution is -0.189. The van der Waals surface area contributed by atoms with Gasteiger partial charge in [0.05, 0.1) is 0 Å². The van der Waals surface area contributed by atoms with E-state index in [1.165, 1.54) is 11.3 Å². The minimum Gasteiger partial charge on any atom is -0.351 e. The normalized spacial score (nSPS) is 16.0. The first-order valence-corrected chi connectivity index (χ1v) is 11.3. The first-order valence-electron chi connectivity index (χ1n) is 10.1. The fraction of sp³-hybridized carbons (Fsp3) is 0.455. The summed E-state index contributed by atoms with van der Waals surface area (Å²) in [6, 6.07) is 8.20. The maximum atomic E-state index is 13.6. The van der Waals surface area contributed by atoms with Crippen molar-refractivity contribution in [2.24, 2.45) is 0 Å². The summed E-state index contributed by atoms with van der Waals surface area (Å²) in [5.74, 6) is -2.67. The number of carbonyl (C=O) groups excluding carboxylic acids is 2. The van der Waals surface area contributed by atoms with Crippen LogP contribution in [0.2, 0.25) is 5.02 Å². The van der Waals surface area contributed by atoms with E-state index in [0.29, 0.717) is 15.3 Å². The summed E-state index contributed by atoms with van der Waals surface area (Å²) in [5, 5.41) is 3.12. The molecule has 0 radical (unpaired) electrons. The van der Waals surface area contributed by atoms with Crippen molar-refractivity contribution < 1.29 is 22.8 Å². The quantitative estimate of drug-likeness (QED) is 0.578. The molecule has 1 aromatic heterocycles. The van der Waals surface area contributed by atoms with E-state index in [0.717, 1.165) is 37.0 Å². The number of halogens is 4.